The van der Waals surface area contributed by atoms with Crippen LogP contribution in [0.4, 0.5) is 5.69 Å². The van der Waals surface area contributed by atoms with E-state index in [1.807, 2.05) is 24.3 Å². The van der Waals surface area contributed by atoms with Gasteiger partial charge in [-0.15, -0.1) is 11.3 Å². The van der Waals surface area contributed by atoms with Crippen LogP contribution in [0.5, 0.6) is 0 Å². The second kappa shape index (κ2) is 11.3. The van der Waals surface area contributed by atoms with Crippen molar-refractivity contribution in [2.24, 2.45) is 0 Å². The fraction of sp³-hybridized carbons (Fsp3) is 0.583. The minimum Gasteiger partial charge on any atom is -0.386 e. The molecule has 0 aliphatic carbocycles. The smallest absolute Gasteiger partial charge is 0.252 e. The van der Waals surface area contributed by atoms with Gasteiger partial charge in [0.25, 0.3) is 10.0 Å². The van der Waals surface area contributed by atoms with E-state index in [0.717, 1.165) is 17.5 Å². The zero-order valence-electron chi connectivity index (χ0n) is 21.4. The van der Waals surface area contributed by atoms with Crippen LogP contribution in [0, 0.1) is 0 Å². The number of anilines is 1. The summed E-state index contributed by atoms with van der Waals surface area (Å²) in [6, 6.07) is 10.8. The largest absolute Gasteiger partial charge is 0.386 e. The summed E-state index contributed by atoms with van der Waals surface area (Å²) in [7, 11) is -6.96. The quantitative estimate of drug-likeness (QED) is 0.459. The standard InChI is InChI=1S/C24H36N4O6S3/c1-24(2,29)19-6-8-20(9-7-19)28-11-10-27(37(32,33)23-5-4-14-35-23)17-22(28)16-26-12-13-34-18-21(26)15-25-36(3,30)31/h4-9,14,21-22,25,29H,10-13,15-18H2,1-3H3/t21-,22+/m1/s1. The lowest BCUT2D eigenvalue weighted by atomic mass is 9.98. The SMILES string of the molecule is CC(C)(O)c1ccc(N2CCN(S(=O)(=O)c3cccs3)C[C@@H]2CN2CCOC[C@H]2CNS(C)(=O)=O)cc1. The predicted molar refractivity (Wildman–Crippen MR) is 145 cm³/mol. The summed E-state index contributed by atoms with van der Waals surface area (Å²) >= 11 is 1.21. The van der Waals surface area contributed by atoms with Crippen LogP contribution in [0.25, 0.3) is 0 Å². The maximum Gasteiger partial charge on any atom is 0.252 e. The van der Waals surface area contributed by atoms with Gasteiger partial charge < -0.3 is 14.7 Å². The highest BCUT2D eigenvalue weighted by atomic mass is 32.2. The lowest BCUT2D eigenvalue weighted by Crippen LogP contribution is -2.61. The number of hydrogen-bond donors (Lipinski definition) is 2. The highest BCUT2D eigenvalue weighted by Gasteiger charge is 2.37. The Bertz CT molecular complexity index is 1240. The highest BCUT2D eigenvalue weighted by Crippen LogP contribution is 2.29. The number of piperazine rings is 1. The molecule has 0 spiro atoms. The Morgan fingerprint density at radius 1 is 1.08 bits per heavy atom. The van der Waals surface area contributed by atoms with Gasteiger partial charge in [0.15, 0.2) is 0 Å². The van der Waals surface area contributed by atoms with E-state index in [1.54, 1.807) is 35.7 Å². The van der Waals surface area contributed by atoms with Crippen molar-refractivity contribution in [1.82, 2.24) is 13.9 Å². The first kappa shape index (κ1) is 28.4. The third-order valence-electron chi connectivity index (χ3n) is 6.82. The molecule has 2 fully saturated rings. The molecule has 0 unspecified atom stereocenters. The van der Waals surface area contributed by atoms with Crippen molar-refractivity contribution in [2.75, 3.05) is 63.6 Å². The highest BCUT2D eigenvalue weighted by molar-refractivity contribution is 7.91. The van der Waals surface area contributed by atoms with Crippen LogP contribution in [0.15, 0.2) is 46.0 Å². The molecule has 2 aromatic rings. The van der Waals surface area contributed by atoms with E-state index in [2.05, 4.69) is 14.5 Å². The topological polar surface area (TPSA) is 119 Å². The molecule has 37 heavy (non-hydrogen) atoms. The number of nitrogens with one attached hydrogen (secondary N) is 1. The van der Waals surface area contributed by atoms with E-state index >= 15 is 0 Å². The summed E-state index contributed by atoms with van der Waals surface area (Å²) in [4.78, 5) is 4.40. The Hall–Kier alpha value is -1.58. The average Bonchev–Trinajstić information content (AvgIpc) is 3.39. The number of hydrogen-bond acceptors (Lipinski definition) is 9. The first-order valence-electron chi connectivity index (χ1n) is 12.2. The summed E-state index contributed by atoms with van der Waals surface area (Å²) < 4.78 is 60.2. The molecule has 1 aromatic heterocycles. The number of nitrogens with zero attached hydrogens (tertiary/aromatic N) is 3. The fourth-order valence-corrected chi connectivity index (χ4v) is 7.88. The average molecular weight is 573 g/mol. The van der Waals surface area contributed by atoms with Crippen LogP contribution in [0.1, 0.15) is 19.4 Å². The zero-order valence-corrected chi connectivity index (χ0v) is 23.9. The maximum atomic E-state index is 13.3. The van der Waals surface area contributed by atoms with Crippen LogP contribution in [0.3, 0.4) is 0 Å². The summed E-state index contributed by atoms with van der Waals surface area (Å²) in [5, 5.41) is 12.1. The van der Waals surface area contributed by atoms with Gasteiger partial charge in [-0.1, -0.05) is 18.2 Å². The molecule has 2 aliphatic rings. The Morgan fingerprint density at radius 2 is 1.81 bits per heavy atom. The molecule has 3 heterocycles. The normalized spacial score (nSPS) is 22.9. The van der Waals surface area contributed by atoms with Gasteiger partial charge in [0, 0.05) is 51.0 Å². The minimum absolute atomic E-state index is 0.160. The molecule has 2 saturated heterocycles. The molecule has 0 amide bonds. The van der Waals surface area contributed by atoms with Gasteiger partial charge in [-0.2, -0.15) is 4.31 Å². The monoisotopic (exact) mass is 572 g/mol. The molecule has 2 atom stereocenters. The van der Waals surface area contributed by atoms with Crippen molar-refractivity contribution >= 4 is 37.1 Å². The van der Waals surface area contributed by atoms with Gasteiger partial charge in [-0.25, -0.2) is 21.6 Å². The Kier molecular flexibility index (Phi) is 8.65. The Balaban J connectivity index is 1.59. The third-order valence-corrected chi connectivity index (χ3v) is 10.7. The molecule has 2 aliphatic heterocycles. The van der Waals surface area contributed by atoms with Gasteiger partial charge >= 0.3 is 0 Å². The molecular formula is C24H36N4O6S3. The fourth-order valence-electron chi connectivity index (χ4n) is 4.78. The van der Waals surface area contributed by atoms with Crippen molar-refractivity contribution < 1.29 is 26.7 Å². The number of ether oxygens (including phenoxy) is 1. The van der Waals surface area contributed by atoms with Crippen molar-refractivity contribution in [3.8, 4) is 0 Å². The van der Waals surface area contributed by atoms with Crippen molar-refractivity contribution in [3.05, 3.63) is 47.3 Å². The lowest BCUT2D eigenvalue weighted by Gasteiger charge is -2.46. The molecule has 0 bridgehead atoms. The first-order valence-corrected chi connectivity index (χ1v) is 16.5. The molecule has 206 valence electrons. The minimum atomic E-state index is -3.61. The van der Waals surface area contributed by atoms with Gasteiger partial charge in [-0.05, 0) is 43.0 Å². The van der Waals surface area contributed by atoms with Gasteiger partial charge in [-0.3, -0.25) is 4.90 Å². The van der Waals surface area contributed by atoms with Crippen molar-refractivity contribution in [3.63, 3.8) is 0 Å². The Labute approximate surface area is 223 Å². The zero-order chi connectivity index (χ0) is 26.8. The molecule has 4 rings (SSSR count). The number of rotatable bonds is 9. The van der Waals surface area contributed by atoms with E-state index in [0.29, 0.717) is 50.1 Å². The lowest BCUT2D eigenvalue weighted by molar-refractivity contribution is -0.00912. The summed E-state index contributed by atoms with van der Waals surface area (Å²) in [6.45, 7) is 6.95. The molecule has 13 heteroatoms. The number of sulfonamides is 2. The summed E-state index contributed by atoms with van der Waals surface area (Å²) in [5.41, 5.74) is 0.788. The Morgan fingerprint density at radius 3 is 2.43 bits per heavy atom. The third kappa shape index (κ3) is 7.09. The molecule has 1 aromatic carbocycles. The number of aliphatic hydroxyl groups is 1. The summed E-state index contributed by atoms with van der Waals surface area (Å²) in [6.07, 6.45) is 1.13. The number of benzene rings is 1. The van der Waals surface area contributed by atoms with Crippen LogP contribution in [-0.4, -0.2) is 102 Å². The molecule has 0 radical (unpaired) electrons. The molecule has 0 saturated carbocycles. The van der Waals surface area contributed by atoms with Crippen LogP contribution in [-0.2, 0) is 30.4 Å². The molecule has 10 nitrogen and oxygen atoms in total. The van der Waals surface area contributed by atoms with Crippen LogP contribution < -0.4 is 9.62 Å². The van der Waals surface area contributed by atoms with E-state index < -0.39 is 25.6 Å². The number of thiophene rings is 1. The van der Waals surface area contributed by atoms with E-state index in [4.69, 9.17) is 4.74 Å². The van der Waals surface area contributed by atoms with E-state index in [1.165, 1.54) is 11.3 Å². The van der Waals surface area contributed by atoms with E-state index in [-0.39, 0.29) is 18.6 Å². The predicted octanol–water partition coefficient (Wildman–Crippen LogP) is 1.11. The van der Waals surface area contributed by atoms with Crippen molar-refractivity contribution in [2.45, 2.75) is 35.7 Å². The maximum absolute atomic E-state index is 13.3. The van der Waals surface area contributed by atoms with Crippen LogP contribution in [0.2, 0.25) is 0 Å². The first-order chi connectivity index (χ1) is 17.3. The van der Waals surface area contributed by atoms with Crippen molar-refractivity contribution in [1.29, 1.82) is 0 Å². The van der Waals surface area contributed by atoms with E-state index in [9.17, 15) is 21.9 Å². The van der Waals surface area contributed by atoms with Gasteiger partial charge in [0.05, 0.1) is 31.1 Å². The summed E-state index contributed by atoms with van der Waals surface area (Å²) in [5.74, 6) is 0. The molecule has 2 N–H and O–H groups in total. The van der Waals surface area contributed by atoms with Gasteiger partial charge in [0.1, 0.15) is 4.21 Å². The number of morpholine rings is 1. The second-order valence-corrected chi connectivity index (χ2v) is 15.0. The molecular weight excluding hydrogens is 536 g/mol. The van der Waals surface area contributed by atoms with Gasteiger partial charge in [0.2, 0.25) is 10.0 Å². The second-order valence-electron chi connectivity index (χ2n) is 10.1. The van der Waals surface area contributed by atoms with Crippen LogP contribution >= 0.6 is 11.3 Å².